The number of sulfonamides is 1. The van der Waals surface area contributed by atoms with Gasteiger partial charge in [0.05, 0.1) is 4.90 Å². The monoisotopic (exact) mass is 441 g/mol. The smallest absolute Gasteiger partial charge is 0.254 e. The Hall–Kier alpha value is -2.38. The van der Waals surface area contributed by atoms with Gasteiger partial charge in [-0.15, -0.1) is 0 Å². The van der Waals surface area contributed by atoms with Crippen LogP contribution in [0.3, 0.4) is 0 Å². The number of carbonyl (C=O) groups is 1. The van der Waals surface area contributed by atoms with Crippen LogP contribution in [-0.2, 0) is 10.0 Å². The number of amides is 1. The van der Waals surface area contributed by atoms with E-state index in [9.17, 15) is 13.2 Å². The number of benzene rings is 2. The van der Waals surface area contributed by atoms with Gasteiger partial charge in [0.1, 0.15) is 0 Å². The first kappa shape index (κ1) is 21.8. The molecule has 0 N–H and O–H groups in total. The second-order valence-electron chi connectivity index (χ2n) is 8.91. The van der Waals surface area contributed by atoms with Crippen molar-refractivity contribution in [2.45, 2.75) is 25.2 Å². The average molecular weight is 442 g/mol. The molecule has 2 atom stereocenters. The molecule has 2 aliphatic rings. The number of hydrogen-bond donors (Lipinski definition) is 0. The Morgan fingerprint density at radius 3 is 2.16 bits per heavy atom. The molecule has 2 saturated heterocycles. The summed E-state index contributed by atoms with van der Waals surface area (Å²) in [7, 11) is -3.61. The molecule has 0 radical (unpaired) electrons. The standard InChI is InChI=1S/C24H31N3O3S/c1-19-15-20(2)18-27(17-19)31(29,30)23-10-6-7-21(16-23)24(28)26-13-11-25(12-14-26)22-8-4-3-5-9-22/h3-10,16,19-20H,11-15,17-18H2,1-2H3/t19-,20-/m0/s1. The van der Waals surface area contributed by atoms with E-state index in [1.165, 1.54) is 0 Å². The fraction of sp³-hybridized carbons (Fsp3) is 0.458. The highest BCUT2D eigenvalue weighted by Crippen LogP contribution is 2.27. The zero-order valence-electron chi connectivity index (χ0n) is 18.3. The largest absolute Gasteiger partial charge is 0.368 e. The highest BCUT2D eigenvalue weighted by atomic mass is 32.2. The summed E-state index contributed by atoms with van der Waals surface area (Å²) in [5, 5.41) is 0. The molecule has 2 aromatic rings. The van der Waals surface area contributed by atoms with E-state index >= 15 is 0 Å². The van der Waals surface area contributed by atoms with Crippen molar-refractivity contribution in [2.24, 2.45) is 11.8 Å². The quantitative estimate of drug-likeness (QED) is 0.730. The molecule has 4 rings (SSSR count). The molecule has 0 aliphatic carbocycles. The Morgan fingerprint density at radius 1 is 0.871 bits per heavy atom. The first-order chi connectivity index (χ1) is 14.8. The Bertz CT molecular complexity index is 1010. The predicted octanol–water partition coefficient (Wildman–Crippen LogP) is 3.32. The van der Waals surface area contributed by atoms with Crippen LogP contribution in [0.5, 0.6) is 0 Å². The molecular weight excluding hydrogens is 410 g/mol. The number of piperidine rings is 1. The molecule has 2 aliphatic heterocycles. The van der Waals surface area contributed by atoms with Crippen LogP contribution < -0.4 is 4.90 Å². The van der Waals surface area contributed by atoms with Crippen molar-refractivity contribution in [3.05, 3.63) is 60.2 Å². The van der Waals surface area contributed by atoms with Crippen molar-refractivity contribution in [2.75, 3.05) is 44.2 Å². The minimum Gasteiger partial charge on any atom is -0.368 e. The minimum absolute atomic E-state index is 0.106. The fourth-order valence-electron chi connectivity index (χ4n) is 4.73. The summed E-state index contributed by atoms with van der Waals surface area (Å²) in [6, 6.07) is 16.7. The van der Waals surface area contributed by atoms with Gasteiger partial charge in [0.15, 0.2) is 0 Å². The third-order valence-electron chi connectivity index (χ3n) is 6.24. The summed E-state index contributed by atoms with van der Waals surface area (Å²) in [6.07, 6.45) is 1.04. The van der Waals surface area contributed by atoms with Gasteiger partial charge < -0.3 is 9.80 Å². The summed E-state index contributed by atoms with van der Waals surface area (Å²) in [4.78, 5) is 17.4. The number of para-hydroxylation sites is 1. The molecule has 2 aromatic carbocycles. The molecule has 0 saturated carbocycles. The van der Waals surface area contributed by atoms with Gasteiger partial charge in [-0.3, -0.25) is 4.79 Å². The molecule has 2 fully saturated rings. The van der Waals surface area contributed by atoms with Crippen LogP contribution in [0.4, 0.5) is 5.69 Å². The maximum atomic E-state index is 13.2. The number of rotatable bonds is 4. The molecule has 1 amide bonds. The molecular formula is C24H31N3O3S. The maximum Gasteiger partial charge on any atom is 0.254 e. The summed E-state index contributed by atoms with van der Waals surface area (Å²) in [5.41, 5.74) is 1.60. The average Bonchev–Trinajstić information content (AvgIpc) is 2.79. The van der Waals surface area contributed by atoms with Crippen molar-refractivity contribution in [3.8, 4) is 0 Å². The maximum absolute atomic E-state index is 13.2. The van der Waals surface area contributed by atoms with Gasteiger partial charge in [0, 0.05) is 50.5 Å². The number of carbonyl (C=O) groups excluding carboxylic acids is 1. The third-order valence-corrected chi connectivity index (χ3v) is 8.07. The molecule has 0 aromatic heterocycles. The molecule has 6 nitrogen and oxygen atoms in total. The predicted molar refractivity (Wildman–Crippen MR) is 123 cm³/mol. The Kier molecular flexibility index (Phi) is 6.34. The van der Waals surface area contributed by atoms with E-state index in [1.807, 2.05) is 23.1 Å². The number of piperazine rings is 1. The van der Waals surface area contributed by atoms with E-state index in [-0.39, 0.29) is 10.8 Å². The van der Waals surface area contributed by atoms with Crippen LogP contribution in [0.15, 0.2) is 59.5 Å². The van der Waals surface area contributed by atoms with E-state index in [4.69, 9.17) is 0 Å². The summed E-state index contributed by atoms with van der Waals surface area (Å²) < 4.78 is 28.0. The van der Waals surface area contributed by atoms with Gasteiger partial charge in [-0.1, -0.05) is 38.1 Å². The number of nitrogens with zero attached hydrogens (tertiary/aromatic N) is 3. The van der Waals surface area contributed by atoms with Crippen LogP contribution in [0.2, 0.25) is 0 Å². The molecule has 0 unspecified atom stereocenters. The number of anilines is 1. The van der Waals surface area contributed by atoms with Crippen LogP contribution in [0, 0.1) is 11.8 Å². The van der Waals surface area contributed by atoms with Crippen LogP contribution in [0.1, 0.15) is 30.6 Å². The minimum atomic E-state index is -3.61. The van der Waals surface area contributed by atoms with Gasteiger partial charge >= 0.3 is 0 Å². The molecule has 0 spiro atoms. The lowest BCUT2D eigenvalue weighted by Crippen LogP contribution is -2.48. The topological polar surface area (TPSA) is 60.9 Å². The lowest BCUT2D eigenvalue weighted by Gasteiger charge is -2.36. The second-order valence-corrected chi connectivity index (χ2v) is 10.8. The first-order valence-corrected chi connectivity index (χ1v) is 12.5. The van der Waals surface area contributed by atoms with Crippen molar-refractivity contribution < 1.29 is 13.2 Å². The highest BCUT2D eigenvalue weighted by Gasteiger charge is 2.32. The lowest BCUT2D eigenvalue weighted by molar-refractivity contribution is 0.0746. The second kappa shape index (κ2) is 9.01. The van der Waals surface area contributed by atoms with Gasteiger partial charge in [-0.05, 0) is 48.6 Å². The third kappa shape index (κ3) is 4.77. The van der Waals surface area contributed by atoms with Crippen LogP contribution >= 0.6 is 0 Å². The molecule has 7 heteroatoms. The summed E-state index contributed by atoms with van der Waals surface area (Å²) >= 11 is 0. The molecule has 31 heavy (non-hydrogen) atoms. The van der Waals surface area contributed by atoms with E-state index in [0.717, 1.165) is 25.2 Å². The van der Waals surface area contributed by atoms with E-state index in [0.29, 0.717) is 43.6 Å². The van der Waals surface area contributed by atoms with Crippen molar-refractivity contribution in [1.29, 1.82) is 0 Å². The van der Waals surface area contributed by atoms with Gasteiger partial charge in [-0.2, -0.15) is 4.31 Å². The van der Waals surface area contributed by atoms with E-state index < -0.39 is 10.0 Å². The lowest BCUT2D eigenvalue weighted by atomic mass is 9.94. The summed E-state index contributed by atoms with van der Waals surface area (Å²) in [6.45, 7) is 8.01. The number of hydrogen-bond acceptors (Lipinski definition) is 4. The van der Waals surface area contributed by atoms with Crippen LogP contribution in [0.25, 0.3) is 0 Å². The van der Waals surface area contributed by atoms with Gasteiger partial charge in [0.25, 0.3) is 5.91 Å². The molecule has 2 heterocycles. The van der Waals surface area contributed by atoms with Gasteiger partial charge in [-0.25, -0.2) is 8.42 Å². The highest BCUT2D eigenvalue weighted by molar-refractivity contribution is 7.89. The van der Waals surface area contributed by atoms with Crippen molar-refractivity contribution in [3.63, 3.8) is 0 Å². The van der Waals surface area contributed by atoms with E-state index in [1.54, 1.807) is 28.6 Å². The van der Waals surface area contributed by atoms with Crippen molar-refractivity contribution in [1.82, 2.24) is 9.21 Å². The molecule has 0 bridgehead atoms. The first-order valence-electron chi connectivity index (χ1n) is 11.0. The zero-order valence-corrected chi connectivity index (χ0v) is 19.1. The Labute approximate surface area is 185 Å². The van der Waals surface area contributed by atoms with Gasteiger partial charge in [0.2, 0.25) is 10.0 Å². The van der Waals surface area contributed by atoms with E-state index in [2.05, 4.69) is 30.9 Å². The Balaban J connectivity index is 1.46. The molecule has 166 valence electrons. The van der Waals surface area contributed by atoms with Crippen molar-refractivity contribution >= 4 is 21.6 Å². The fourth-order valence-corrected chi connectivity index (χ4v) is 6.46. The Morgan fingerprint density at radius 2 is 1.52 bits per heavy atom. The SMILES string of the molecule is C[C@H]1C[C@H](C)CN(S(=O)(=O)c2cccc(C(=O)N3CCN(c4ccccc4)CC3)c2)C1. The van der Waals surface area contributed by atoms with Crippen LogP contribution in [-0.4, -0.2) is 62.8 Å². The normalized spacial score (nSPS) is 23.0. The zero-order chi connectivity index (χ0) is 22.0. The summed E-state index contributed by atoms with van der Waals surface area (Å²) in [5.74, 6) is 0.568.